The van der Waals surface area contributed by atoms with Crippen molar-refractivity contribution in [3.63, 3.8) is 0 Å². The number of rotatable bonds is 4. The van der Waals surface area contributed by atoms with Crippen LogP contribution in [0, 0.1) is 44.1 Å². The molecule has 1 aliphatic rings. The molecule has 2 heterocycles. The zero-order chi connectivity index (χ0) is 19.5. The standard InChI is InChI=1S/C25H25N2O.Ac/c1-26-21(13-11-19-7-3-5-9-24(19)26)15-17-23(28)18-16-22-14-12-20-8-4-6-10-25(20)27(22)2;/h3-17,23,28H,18H2,1-2H3;/q+1;/b17-15+,22-16+;. The number of aliphatic hydroxyl groups excluding tert-OH is 1. The van der Waals surface area contributed by atoms with Crippen LogP contribution in [0.15, 0.2) is 84.6 Å². The molecule has 4 heteroatoms. The van der Waals surface area contributed by atoms with Crippen molar-refractivity contribution in [2.75, 3.05) is 11.9 Å². The largest absolute Gasteiger partial charge is 0.389 e. The number of para-hydroxylation sites is 2. The number of fused-ring (bicyclic) bond motifs is 2. The van der Waals surface area contributed by atoms with E-state index in [1.165, 1.54) is 22.2 Å². The number of aliphatic hydroxyl groups is 1. The van der Waals surface area contributed by atoms with Crippen molar-refractivity contribution < 1.29 is 53.7 Å². The Balaban J connectivity index is 0.00000240. The summed E-state index contributed by atoms with van der Waals surface area (Å²) in [4.78, 5) is 2.16. The van der Waals surface area contributed by atoms with Gasteiger partial charge in [-0.3, -0.25) is 0 Å². The van der Waals surface area contributed by atoms with Crippen molar-refractivity contribution >= 4 is 28.7 Å². The van der Waals surface area contributed by atoms with Gasteiger partial charge in [0.05, 0.1) is 6.10 Å². The van der Waals surface area contributed by atoms with Gasteiger partial charge < -0.3 is 10.0 Å². The predicted molar refractivity (Wildman–Crippen MR) is 117 cm³/mol. The van der Waals surface area contributed by atoms with Gasteiger partial charge in [0.2, 0.25) is 11.2 Å². The van der Waals surface area contributed by atoms with Gasteiger partial charge in [0.1, 0.15) is 7.05 Å². The van der Waals surface area contributed by atoms with E-state index in [0.29, 0.717) is 6.42 Å². The summed E-state index contributed by atoms with van der Waals surface area (Å²) in [6, 6.07) is 20.8. The molecule has 0 fully saturated rings. The molecule has 0 spiro atoms. The van der Waals surface area contributed by atoms with Crippen LogP contribution in [0.5, 0.6) is 0 Å². The molecule has 0 saturated carbocycles. The summed E-state index contributed by atoms with van der Waals surface area (Å²) in [6.45, 7) is 0. The first-order valence-electron chi connectivity index (χ1n) is 9.58. The summed E-state index contributed by atoms with van der Waals surface area (Å²) in [5.74, 6) is 0. The summed E-state index contributed by atoms with van der Waals surface area (Å²) in [5, 5.41) is 11.7. The molecule has 1 N–H and O–H groups in total. The third-order valence-electron chi connectivity index (χ3n) is 5.30. The Labute approximate surface area is 208 Å². The van der Waals surface area contributed by atoms with Gasteiger partial charge in [-0.1, -0.05) is 42.5 Å². The number of anilines is 1. The van der Waals surface area contributed by atoms with E-state index in [1.54, 1.807) is 0 Å². The monoisotopic (exact) mass is 596 g/mol. The fourth-order valence-corrected chi connectivity index (χ4v) is 3.62. The number of likely N-dealkylation sites (N-methyl/N-ethyl adjacent to an activating group) is 1. The van der Waals surface area contributed by atoms with Crippen LogP contribution < -0.4 is 9.47 Å². The molecule has 3 nitrogen and oxygen atoms in total. The number of hydrogen-bond acceptors (Lipinski definition) is 2. The van der Waals surface area contributed by atoms with Crippen LogP contribution in [0.25, 0.3) is 23.1 Å². The van der Waals surface area contributed by atoms with Crippen LogP contribution >= 0.6 is 0 Å². The van der Waals surface area contributed by atoms with Gasteiger partial charge in [0.15, 0.2) is 0 Å². The molecule has 0 aliphatic carbocycles. The van der Waals surface area contributed by atoms with Crippen LogP contribution in [0.3, 0.4) is 0 Å². The molecule has 29 heavy (non-hydrogen) atoms. The van der Waals surface area contributed by atoms with Crippen molar-refractivity contribution in [2.45, 2.75) is 12.5 Å². The third kappa shape index (κ3) is 4.89. The Kier molecular flexibility index (Phi) is 7.46. The maximum absolute atomic E-state index is 10.4. The summed E-state index contributed by atoms with van der Waals surface area (Å²) in [5.41, 5.74) is 5.74. The Bertz CT molecular complexity index is 1100. The quantitative estimate of drug-likeness (QED) is 0.451. The molecule has 1 aromatic heterocycles. The molecule has 0 amide bonds. The van der Waals surface area contributed by atoms with Crippen molar-refractivity contribution in [1.29, 1.82) is 0 Å². The predicted octanol–water partition coefficient (Wildman–Crippen LogP) is 4.48. The van der Waals surface area contributed by atoms with Crippen LogP contribution in [-0.2, 0) is 7.05 Å². The average molecular weight is 596 g/mol. The van der Waals surface area contributed by atoms with E-state index in [9.17, 15) is 5.11 Å². The molecular formula is C25H25AcN2O+. The zero-order valence-corrected chi connectivity index (χ0v) is 21.6. The number of aromatic nitrogens is 1. The maximum Gasteiger partial charge on any atom is 0.212 e. The second-order valence-electron chi connectivity index (χ2n) is 7.12. The molecule has 0 bridgehead atoms. The maximum atomic E-state index is 10.4. The van der Waals surface area contributed by atoms with Crippen LogP contribution in [0.2, 0.25) is 0 Å². The van der Waals surface area contributed by atoms with E-state index in [4.69, 9.17) is 0 Å². The fraction of sp³-hybridized carbons (Fsp3) is 0.160. The van der Waals surface area contributed by atoms with Gasteiger partial charge in [-0.25, -0.2) is 0 Å². The minimum absolute atomic E-state index is 0. The Morgan fingerprint density at radius 1 is 1.00 bits per heavy atom. The van der Waals surface area contributed by atoms with Crippen molar-refractivity contribution in [3.8, 4) is 0 Å². The topological polar surface area (TPSA) is 27.3 Å². The normalized spacial score (nSPS) is 15.6. The minimum Gasteiger partial charge on any atom is -0.389 e. The molecule has 0 saturated heterocycles. The zero-order valence-electron chi connectivity index (χ0n) is 16.9. The van der Waals surface area contributed by atoms with Gasteiger partial charge in [-0.05, 0) is 42.3 Å². The van der Waals surface area contributed by atoms with Crippen LogP contribution in [-0.4, -0.2) is 18.3 Å². The van der Waals surface area contributed by atoms with E-state index >= 15 is 0 Å². The molecule has 3 aromatic rings. The smallest absolute Gasteiger partial charge is 0.212 e. The Morgan fingerprint density at radius 3 is 2.62 bits per heavy atom. The van der Waals surface area contributed by atoms with Crippen molar-refractivity contribution in [3.05, 3.63) is 95.8 Å². The van der Waals surface area contributed by atoms with Crippen molar-refractivity contribution in [1.82, 2.24) is 0 Å². The first kappa shape index (κ1) is 22.0. The number of nitrogens with zero attached hydrogens (tertiary/aromatic N) is 2. The van der Waals surface area contributed by atoms with Crippen LogP contribution in [0.1, 0.15) is 17.7 Å². The Hall–Kier alpha value is -1.73. The summed E-state index contributed by atoms with van der Waals surface area (Å²) >= 11 is 0. The van der Waals surface area contributed by atoms with E-state index in [1.807, 2.05) is 36.4 Å². The number of pyridine rings is 1. The van der Waals surface area contributed by atoms with E-state index in [-0.39, 0.29) is 44.1 Å². The molecule has 143 valence electrons. The van der Waals surface area contributed by atoms with Gasteiger partial charge >= 0.3 is 0 Å². The summed E-state index contributed by atoms with van der Waals surface area (Å²) in [6.07, 6.45) is 10.2. The minimum atomic E-state index is -0.530. The fourth-order valence-electron chi connectivity index (χ4n) is 3.62. The van der Waals surface area contributed by atoms with E-state index in [0.717, 1.165) is 11.4 Å². The summed E-state index contributed by atoms with van der Waals surface area (Å²) < 4.78 is 2.14. The first-order valence-corrected chi connectivity index (χ1v) is 9.58. The number of hydrogen-bond donors (Lipinski definition) is 1. The molecule has 1 radical (unpaired) electrons. The van der Waals surface area contributed by atoms with Crippen molar-refractivity contribution in [2.24, 2.45) is 7.05 Å². The van der Waals surface area contributed by atoms with E-state index < -0.39 is 6.10 Å². The van der Waals surface area contributed by atoms with E-state index in [2.05, 4.69) is 78.2 Å². The number of benzene rings is 2. The van der Waals surface area contributed by atoms with Gasteiger partial charge in [-0.2, -0.15) is 4.57 Å². The number of allylic oxidation sites excluding steroid dienone is 1. The molecule has 4 rings (SSSR count). The van der Waals surface area contributed by atoms with Gasteiger partial charge in [-0.15, -0.1) is 0 Å². The van der Waals surface area contributed by atoms with Gasteiger partial charge in [0, 0.05) is 86.1 Å². The van der Waals surface area contributed by atoms with Gasteiger partial charge in [0.25, 0.3) is 0 Å². The SMILES string of the molecule is CN1/C(=C/CC(O)/C=C/c2ccc3ccccc3[n+]2C)C=Cc2ccccc21.[Ac]. The van der Waals surface area contributed by atoms with Crippen LogP contribution in [0.4, 0.5) is 5.69 Å². The molecular weight excluding hydrogens is 571 g/mol. The second-order valence-corrected chi connectivity index (χ2v) is 7.12. The summed E-state index contributed by atoms with van der Waals surface area (Å²) in [7, 11) is 4.11. The molecule has 1 atom stereocenters. The molecule has 1 unspecified atom stereocenters. The average Bonchev–Trinajstić information content (AvgIpc) is 2.73. The Morgan fingerprint density at radius 2 is 1.76 bits per heavy atom. The molecule has 1 aliphatic heterocycles. The number of aryl methyl sites for hydroxylation is 1. The third-order valence-corrected chi connectivity index (χ3v) is 5.30. The first-order chi connectivity index (χ1) is 13.6. The molecule has 2 aromatic carbocycles. The second kappa shape index (κ2) is 9.85.